The van der Waals surface area contributed by atoms with Gasteiger partial charge in [0.05, 0.1) is 11.3 Å². The van der Waals surface area contributed by atoms with Gasteiger partial charge >= 0.3 is 0 Å². The number of rotatable bonds is 2. The van der Waals surface area contributed by atoms with Gasteiger partial charge in [0, 0.05) is 16.4 Å². The second kappa shape index (κ2) is 5.07. The van der Waals surface area contributed by atoms with E-state index in [-0.39, 0.29) is 0 Å². The summed E-state index contributed by atoms with van der Waals surface area (Å²) in [6.07, 6.45) is 1.49. The molecule has 0 spiro atoms. The Kier molecular flexibility index (Phi) is 3.49. The van der Waals surface area contributed by atoms with Crippen LogP contribution < -0.4 is 11.1 Å². The standard InChI is InChI=1S/C13H11BrN4/c1-8-4-10(2-3-11(8)14)18-13-12(16)5-9(6-15)7-17-13/h2-5,7H,16H2,1H3,(H,17,18). The summed E-state index contributed by atoms with van der Waals surface area (Å²) in [6, 6.07) is 9.47. The SMILES string of the molecule is Cc1cc(Nc2ncc(C#N)cc2N)ccc1Br. The van der Waals surface area contributed by atoms with E-state index in [2.05, 4.69) is 26.2 Å². The van der Waals surface area contributed by atoms with E-state index < -0.39 is 0 Å². The quantitative estimate of drug-likeness (QED) is 0.892. The molecule has 0 aliphatic heterocycles. The molecule has 18 heavy (non-hydrogen) atoms. The van der Waals surface area contributed by atoms with Gasteiger partial charge in [-0.15, -0.1) is 0 Å². The lowest BCUT2D eigenvalue weighted by atomic mass is 10.2. The number of pyridine rings is 1. The third kappa shape index (κ3) is 2.60. The van der Waals surface area contributed by atoms with E-state index in [0.717, 1.165) is 15.7 Å². The van der Waals surface area contributed by atoms with E-state index in [9.17, 15) is 0 Å². The van der Waals surface area contributed by atoms with Crippen LogP contribution >= 0.6 is 15.9 Å². The smallest absolute Gasteiger partial charge is 0.153 e. The molecule has 2 rings (SSSR count). The van der Waals surface area contributed by atoms with Gasteiger partial charge in [0.2, 0.25) is 0 Å². The lowest BCUT2D eigenvalue weighted by Gasteiger charge is -2.09. The maximum atomic E-state index is 8.74. The molecule has 0 saturated carbocycles. The monoisotopic (exact) mass is 302 g/mol. The first-order valence-electron chi connectivity index (χ1n) is 5.29. The first-order chi connectivity index (χ1) is 8.60. The lowest BCUT2D eigenvalue weighted by Crippen LogP contribution is -2.00. The number of halogens is 1. The van der Waals surface area contributed by atoms with Gasteiger partial charge in [-0.05, 0) is 36.8 Å². The second-order valence-corrected chi connectivity index (χ2v) is 4.72. The summed E-state index contributed by atoms with van der Waals surface area (Å²) >= 11 is 3.44. The van der Waals surface area contributed by atoms with Crippen molar-refractivity contribution in [3.8, 4) is 6.07 Å². The highest BCUT2D eigenvalue weighted by Crippen LogP contribution is 2.25. The van der Waals surface area contributed by atoms with Crippen LogP contribution in [0, 0.1) is 18.3 Å². The van der Waals surface area contributed by atoms with Crippen molar-refractivity contribution in [1.82, 2.24) is 4.98 Å². The topological polar surface area (TPSA) is 74.7 Å². The van der Waals surface area contributed by atoms with Crippen molar-refractivity contribution >= 4 is 33.1 Å². The predicted molar refractivity (Wildman–Crippen MR) is 75.5 cm³/mol. The zero-order valence-corrected chi connectivity index (χ0v) is 11.3. The van der Waals surface area contributed by atoms with Crippen molar-refractivity contribution in [2.75, 3.05) is 11.1 Å². The molecule has 1 aromatic heterocycles. The molecule has 0 aliphatic rings. The second-order valence-electron chi connectivity index (χ2n) is 3.86. The minimum Gasteiger partial charge on any atom is -0.396 e. The minimum absolute atomic E-state index is 0.449. The summed E-state index contributed by atoms with van der Waals surface area (Å²) in [6.45, 7) is 2.00. The third-order valence-electron chi connectivity index (χ3n) is 2.47. The maximum absolute atomic E-state index is 8.74. The van der Waals surface area contributed by atoms with Crippen LogP contribution in [-0.4, -0.2) is 4.98 Å². The maximum Gasteiger partial charge on any atom is 0.153 e. The Bertz CT molecular complexity index is 631. The molecule has 4 nitrogen and oxygen atoms in total. The summed E-state index contributed by atoms with van der Waals surface area (Å²) in [5.41, 5.74) is 8.75. The van der Waals surface area contributed by atoms with Crippen LogP contribution in [0.5, 0.6) is 0 Å². The van der Waals surface area contributed by atoms with E-state index in [1.54, 1.807) is 6.07 Å². The highest BCUT2D eigenvalue weighted by atomic mass is 79.9. The van der Waals surface area contributed by atoms with Crippen molar-refractivity contribution in [3.05, 3.63) is 46.1 Å². The van der Waals surface area contributed by atoms with Gasteiger partial charge in [-0.25, -0.2) is 4.98 Å². The van der Waals surface area contributed by atoms with Crippen molar-refractivity contribution in [2.45, 2.75) is 6.92 Å². The molecule has 0 bridgehead atoms. The number of benzene rings is 1. The fourth-order valence-electron chi connectivity index (χ4n) is 1.51. The number of nitriles is 1. The molecule has 0 radical (unpaired) electrons. The Morgan fingerprint density at radius 3 is 2.78 bits per heavy atom. The van der Waals surface area contributed by atoms with Gasteiger partial charge in [-0.3, -0.25) is 0 Å². The zero-order valence-electron chi connectivity index (χ0n) is 9.74. The van der Waals surface area contributed by atoms with Gasteiger partial charge in [0.1, 0.15) is 6.07 Å². The number of hydrogen-bond donors (Lipinski definition) is 2. The first kappa shape index (κ1) is 12.4. The van der Waals surface area contributed by atoms with Crippen molar-refractivity contribution in [2.24, 2.45) is 0 Å². The number of nitrogen functional groups attached to an aromatic ring is 1. The molecule has 0 aliphatic carbocycles. The molecule has 1 heterocycles. The summed E-state index contributed by atoms with van der Waals surface area (Å²) in [4.78, 5) is 4.13. The molecular weight excluding hydrogens is 292 g/mol. The number of nitrogens with one attached hydrogen (secondary N) is 1. The Morgan fingerprint density at radius 2 is 2.17 bits per heavy atom. The molecule has 5 heteroatoms. The molecule has 0 saturated heterocycles. The van der Waals surface area contributed by atoms with Crippen LogP contribution in [0.4, 0.5) is 17.2 Å². The molecule has 0 amide bonds. The van der Waals surface area contributed by atoms with Gasteiger partial charge < -0.3 is 11.1 Å². The third-order valence-corrected chi connectivity index (χ3v) is 3.36. The lowest BCUT2D eigenvalue weighted by molar-refractivity contribution is 1.28. The fourth-order valence-corrected chi connectivity index (χ4v) is 1.75. The van der Waals surface area contributed by atoms with Crippen molar-refractivity contribution < 1.29 is 0 Å². The first-order valence-corrected chi connectivity index (χ1v) is 6.08. The highest BCUT2D eigenvalue weighted by Gasteiger charge is 2.04. The molecule has 0 atom stereocenters. The van der Waals surface area contributed by atoms with Crippen molar-refractivity contribution in [3.63, 3.8) is 0 Å². The number of hydrogen-bond acceptors (Lipinski definition) is 4. The summed E-state index contributed by atoms with van der Waals surface area (Å²) in [7, 11) is 0. The van der Waals surface area contributed by atoms with Crippen LogP contribution in [0.3, 0.4) is 0 Å². The van der Waals surface area contributed by atoms with E-state index in [1.807, 2.05) is 31.2 Å². The van der Waals surface area contributed by atoms with Gasteiger partial charge in [0.25, 0.3) is 0 Å². The summed E-state index contributed by atoms with van der Waals surface area (Å²) in [5, 5.41) is 11.9. The number of aromatic nitrogens is 1. The largest absolute Gasteiger partial charge is 0.396 e. The normalized spacial score (nSPS) is 9.83. The molecule has 0 fully saturated rings. The van der Waals surface area contributed by atoms with Crippen molar-refractivity contribution in [1.29, 1.82) is 5.26 Å². The van der Waals surface area contributed by atoms with Crippen LogP contribution in [-0.2, 0) is 0 Å². The van der Waals surface area contributed by atoms with E-state index in [0.29, 0.717) is 17.1 Å². The van der Waals surface area contributed by atoms with Gasteiger partial charge in [-0.2, -0.15) is 5.26 Å². The van der Waals surface area contributed by atoms with Crippen LogP contribution in [0.15, 0.2) is 34.9 Å². The Labute approximate surface area is 114 Å². The molecule has 3 N–H and O–H groups in total. The van der Waals surface area contributed by atoms with Crippen LogP contribution in [0.25, 0.3) is 0 Å². The van der Waals surface area contributed by atoms with E-state index >= 15 is 0 Å². The number of anilines is 3. The Hall–Kier alpha value is -2.06. The average molecular weight is 303 g/mol. The molecule has 90 valence electrons. The summed E-state index contributed by atoms with van der Waals surface area (Å²) in [5.74, 6) is 0.552. The molecular formula is C13H11BrN4. The molecule has 1 aromatic carbocycles. The number of aryl methyl sites for hydroxylation is 1. The van der Waals surface area contributed by atoms with Crippen LogP contribution in [0.2, 0.25) is 0 Å². The number of nitrogens with two attached hydrogens (primary N) is 1. The average Bonchev–Trinajstić information content (AvgIpc) is 2.36. The van der Waals surface area contributed by atoms with Gasteiger partial charge in [-0.1, -0.05) is 15.9 Å². The van der Waals surface area contributed by atoms with Crippen LogP contribution in [0.1, 0.15) is 11.1 Å². The summed E-state index contributed by atoms with van der Waals surface area (Å²) < 4.78 is 1.05. The molecule has 2 aromatic rings. The Morgan fingerprint density at radius 1 is 1.39 bits per heavy atom. The minimum atomic E-state index is 0.449. The molecule has 0 unspecified atom stereocenters. The van der Waals surface area contributed by atoms with E-state index in [4.69, 9.17) is 11.0 Å². The predicted octanol–water partition coefficient (Wildman–Crippen LogP) is 3.35. The fraction of sp³-hybridized carbons (Fsp3) is 0.0769. The zero-order chi connectivity index (χ0) is 13.1. The highest BCUT2D eigenvalue weighted by molar-refractivity contribution is 9.10. The Balaban J connectivity index is 2.29. The van der Waals surface area contributed by atoms with E-state index in [1.165, 1.54) is 6.20 Å². The number of nitrogens with zero attached hydrogens (tertiary/aromatic N) is 2. The van der Waals surface area contributed by atoms with Gasteiger partial charge in [0.15, 0.2) is 5.82 Å².